The van der Waals surface area contributed by atoms with Gasteiger partial charge in [-0.3, -0.25) is 14.7 Å². The number of hydrogen-bond donors (Lipinski definition) is 1. The van der Waals surface area contributed by atoms with Crippen molar-refractivity contribution in [1.29, 1.82) is 0 Å². The van der Waals surface area contributed by atoms with Crippen LogP contribution in [-0.4, -0.2) is 52.4 Å². The molecule has 0 spiro atoms. The summed E-state index contributed by atoms with van der Waals surface area (Å²) < 4.78 is 39.2. The third-order valence-corrected chi connectivity index (χ3v) is 7.08. The minimum atomic E-state index is -4.42. The van der Waals surface area contributed by atoms with Gasteiger partial charge < -0.3 is 10.6 Å². The number of rotatable bonds is 2. The van der Waals surface area contributed by atoms with E-state index in [4.69, 9.17) is 5.73 Å². The van der Waals surface area contributed by atoms with Gasteiger partial charge in [0.1, 0.15) is 0 Å². The van der Waals surface area contributed by atoms with Gasteiger partial charge in [-0.1, -0.05) is 0 Å². The van der Waals surface area contributed by atoms with Crippen LogP contribution in [0.15, 0.2) is 12.3 Å². The molecule has 1 aromatic rings. The van der Waals surface area contributed by atoms with Crippen molar-refractivity contribution in [2.45, 2.75) is 56.9 Å². The molecule has 0 bridgehead atoms. The molecule has 2 aliphatic carbocycles. The van der Waals surface area contributed by atoms with Gasteiger partial charge in [0.2, 0.25) is 5.91 Å². The van der Waals surface area contributed by atoms with Crippen molar-refractivity contribution in [3.05, 3.63) is 29.1 Å². The summed E-state index contributed by atoms with van der Waals surface area (Å²) in [5.41, 5.74) is 6.20. The highest BCUT2D eigenvalue weighted by molar-refractivity contribution is 5.84. The highest BCUT2D eigenvalue weighted by Gasteiger charge is 2.59. The number of nitrogens with zero attached hydrogens (tertiary/aromatic N) is 3. The predicted molar refractivity (Wildman–Crippen MR) is 96.1 cm³/mol. The van der Waals surface area contributed by atoms with Crippen LogP contribution in [0.1, 0.15) is 42.5 Å². The predicted octanol–water partition coefficient (Wildman–Crippen LogP) is 2.19. The first-order valence-electron chi connectivity index (χ1n) is 10.1. The SMILES string of the molecule is N[C@@H]1C[C@H]2CN(C3CC3)C[C@@]2(C(=O)N2CCc3ncc(C(F)(F)F)cc3C2)C1. The first-order chi connectivity index (χ1) is 13.3. The fraction of sp³-hybridized carbons (Fsp3) is 0.700. The van der Waals surface area contributed by atoms with Crippen molar-refractivity contribution in [3.63, 3.8) is 0 Å². The van der Waals surface area contributed by atoms with Gasteiger partial charge in [-0.25, -0.2) is 0 Å². The summed E-state index contributed by atoms with van der Waals surface area (Å²) in [5, 5.41) is 0. The Morgan fingerprint density at radius 2 is 2.11 bits per heavy atom. The van der Waals surface area contributed by atoms with E-state index in [0.29, 0.717) is 36.7 Å². The molecule has 0 aromatic carbocycles. The summed E-state index contributed by atoms with van der Waals surface area (Å²) >= 11 is 0. The molecule has 5 rings (SSSR count). The van der Waals surface area contributed by atoms with Crippen LogP contribution >= 0.6 is 0 Å². The maximum Gasteiger partial charge on any atom is 0.417 e. The standard InChI is InChI=1S/C20H25F3N4O/c21-20(22,23)13-5-12-9-26(4-3-17(12)25-8-13)18(28)19-7-15(24)6-14(19)10-27(11-19)16-1-2-16/h5,8,14-16H,1-4,6-7,9-11,24H2/t14-,15+,19-/m0/s1. The third kappa shape index (κ3) is 2.92. The van der Waals surface area contributed by atoms with Crippen molar-refractivity contribution in [2.75, 3.05) is 19.6 Å². The lowest BCUT2D eigenvalue weighted by Crippen LogP contribution is -2.49. The van der Waals surface area contributed by atoms with Crippen molar-refractivity contribution in [2.24, 2.45) is 17.1 Å². The van der Waals surface area contributed by atoms with E-state index < -0.39 is 17.2 Å². The normalized spacial score (nSPS) is 33.1. The minimum Gasteiger partial charge on any atom is -0.337 e. The average molecular weight is 394 g/mol. The number of hydrogen-bond acceptors (Lipinski definition) is 4. The maximum absolute atomic E-state index is 13.6. The number of carbonyl (C=O) groups excluding carboxylic acids is 1. The molecule has 2 N–H and O–H groups in total. The molecular formula is C20H25F3N4O. The van der Waals surface area contributed by atoms with E-state index in [9.17, 15) is 18.0 Å². The Bertz CT molecular complexity index is 809. The van der Waals surface area contributed by atoms with Crippen LogP contribution in [0.2, 0.25) is 0 Å². The quantitative estimate of drug-likeness (QED) is 0.835. The highest BCUT2D eigenvalue weighted by Crippen LogP contribution is 2.52. The second-order valence-electron chi connectivity index (χ2n) is 9.02. The Labute approximate surface area is 162 Å². The molecule has 0 unspecified atom stereocenters. The van der Waals surface area contributed by atoms with Gasteiger partial charge in [-0.2, -0.15) is 13.2 Å². The van der Waals surface area contributed by atoms with Gasteiger partial charge in [0.25, 0.3) is 0 Å². The first kappa shape index (κ1) is 18.4. The van der Waals surface area contributed by atoms with E-state index >= 15 is 0 Å². The molecule has 2 aliphatic heterocycles. The van der Waals surface area contributed by atoms with Gasteiger partial charge in [0.15, 0.2) is 0 Å². The summed E-state index contributed by atoms with van der Waals surface area (Å²) in [5.74, 6) is 0.341. The van der Waals surface area contributed by atoms with Gasteiger partial charge in [0, 0.05) is 56.6 Å². The Kier molecular flexibility index (Phi) is 4.04. The second kappa shape index (κ2) is 6.16. The van der Waals surface area contributed by atoms with Crippen LogP contribution in [0.4, 0.5) is 13.2 Å². The molecule has 4 aliphatic rings. The molecule has 8 heteroatoms. The largest absolute Gasteiger partial charge is 0.417 e. The lowest BCUT2D eigenvalue weighted by Gasteiger charge is -2.37. The van der Waals surface area contributed by atoms with Crippen molar-refractivity contribution < 1.29 is 18.0 Å². The van der Waals surface area contributed by atoms with Crippen LogP contribution < -0.4 is 5.73 Å². The number of halogens is 3. The molecular weight excluding hydrogens is 369 g/mol. The average Bonchev–Trinajstić information content (AvgIpc) is 3.36. The Morgan fingerprint density at radius 1 is 1.32 bits per heavy atom. The van der Waals surface area contributed by atoms with Crippen LogP contribution in [-0.2, 0) is 23.9 Å². The lowest BCUT2D eigenvalue weighted by atomic mass is 9.78. The van der Waals surface area contributed by atoms with Gasteiger partial charge in [-0.15, -0.1) is 0 Å². The molecule has 3 heterocycles. The van der Waals surface area contributed by atoms with Crippen molar-refractivity contribution >= 4 is 5.91 Å². The molecule has 3 atom stereocenters. The molecule has 0 radical (unpaired) electrons. The van der Waals surface area contributed by atoms with Gasteiger partial charge >= 0.3 is 6.18 Å². The number of amides is 1. The number of aromatic nitrogens is 1. The smallest absolute Gasteiger partial charge is 0.337 e. The third-order valence-electron chi connectivity index (χ3n) is 7.08. The summed E-state index contributed by atoms with van der Waals surface area (Å²) in [6.07, 6.45) is 0.914. The van der Waals surface area contributed by atoms with E-state index in [0.717, 1.165) is 31.8 Å². The van der Waals surface area contributed by atoms with E-state index in [1.807, 2.05) is 0 Å². The molecule has 1 aromatic heterocycles. The number of alkyl halides is 3. The number of nitrogens with two attached hydrogens (primary N) is 1. The monoisotopic (exact) mass is 394 g/mol. The highest BCUT2D eigenvalue weighted by atomic mass is 19.4. The molecule has 1 saturated heterocycles. The summed E-state index contributed by atoms with van der Waals surface area (Å²) in [4.78, 5) is 21.8. The summed E-state index contributed by atoms with van der Waals surface area (Å²) in [6.45, 7) is 2.39. The van der Waals surface area contributed by atoms with E-state index in [1.54, 1.807) is 4.90 Å². The lowest BCUT2D eigenvalue weighted by molar-refractivity contribution is -0.144. The fourth-order valence-electron chi connectivity index (χ4n) is 5.58. The number of fused-ring (bicyclic) bond motifs is 2. The molecule has 28 heavy (non-hydrogen) atoms. The number of pyridine rings is 1. The van der Waals surface area contributed by atoms with E-state index in [2.05, 4.69) is 9.88 Å². The number of likely N-dealkylation sites (tertiary alicyclic amines) is 1. The Balaban J connectivity index is 1.40. The van der Waals surface area contributed by atoms with Crippen LogP contribution in [0.25, 0.3) is 0 Å². The topological polar surface area (TPSA) is 62.5 Å². The molecule has 2 saturated carbocycles. The number of carbonyl (C=O) groups is 1. The molecule has 5 nitrogen and oxygen atoms in total. The summed E-state index contributed by atoms with van der Waals surface area (Å²) in [6, 6.07) is 1.79. The van der Waals surface area contributed by atoms with E-state index in [1.165, 1.54) is 12.8 Å². The molecule has 3 fully saturated rings. The zero-order valence-corrected chi connectivity index (χ0v) is 15.7. The second-order valence-corrected chi connectivity index (χ2v) is 9.02. The first-order valence-corrected chi connectivity index (χ1v) is 10.1. The van der Waals surface area contributed by atoms with Crippen LogP contribution in [0.3, 0.4) is 0 Å². The molecule has 1 amide bonds. The van der Waals surface area contributed by atoms with Gasteiger partial charge in [0.05, 0.1) is 11.0 Å². The Hall–Kier alpha value is -1.67. The van der Waals surface area contributed by atoms with Gasteiger partial charge in [-0.05, 0) is 43.2 Å². The Morgan fingerprint density at radius 3 is 2.82 bits per heavy atom. The molecule has 152 valence electrons. The van der Waals surface area contributed by atoms with Crippen LogP contribution in [0, 0.1) is 11.3 Å². The van der Waals surface area contributed by atoms with Crippen molar-refractivity contribution in [3.8, 4) is 0 Å². The fourth-order valence-corrected chi connectivity index (χ4v) is 5.58. The minimum absolute atomic E-state index is 0.0332. The van der Waals surface area contributed by atoms with E-state index in [-0.39, 0.29) is 24.4 Å². The zero-order chi connectivity index (χ0) is 19.7. The van der Waals surface area contributed by atoms with Crippen LogP contribution in [0.5, 0.6) is 0 Å². The maximum atomic E-state index is 13.6. The summed E-state index contributed by atoms with van der Waals surface area (Å²) in [7, 11) is 0. The zero-order valence-electron chi connectivity index (χ0n) is 15.7. The van der Waals surface area contributed by atoms with Crippen molar-refractivity contribution in [1.82, 2.24) is 14.8 Å².